The number of fused-ring (bicyclic) bond motifs is 8. The SMILES string of the molecule is c1ccc(-c2ccc3c(c2)C2(c4cc(-c5ccccc5)ccc4N3c3ccccc3)c3ccc4cccc5c4c3N3c4c-5c(-c5ccccc5)cc(-c5ccccc5)c4-c4cccc5ccc2c3c45)cc1. The van der Waals surface area contributed by atoms with E-state index in [1.165, 1.54) is 139 Å². The van der Waals surface area contributed by atoms with Gasteiger partial charge in [-0.25, -0.2) is 0 Å². The lowest BCUT2D eigenvalue weighted by atomic mass is 9.57. The zero-order chi connectivity index (χ0) is 46.4. The normalized spacial score (nSPS) is 13.7. The molecule has 0 amide bonds. The average Bonchev–Trinajstić information content (AvgIpc) is 3.45. The van der Waals surface area contributed by atoms with Crippen LogP contribution in [0.4, 0.5) is 34.1 Å². The molecule has 16 rings (SSSR count). The van der Waals surface area contributed by atoms with Gasteiger partial charge in [0.15, 0.2) is 0 Å². The predicted molar refractivity (Wildman–Crippen MR) is 296 cm³/mol. The van der Waals surface area contributed by atoms with E-state index in [0.717, 1.165) is 5.69 Å². The molecule has 0 aromatic heterocycles. The molecule has 0 fully saturated rings. The highest BCUT2D eigenvalue weighted by Crippen LogP contribution is 2.72. The van der Waals surface area contributed by atoms with Crippen LogP contribution in [0.3, 0.4) is 0 Å². The van der Waals surface area contributed by atoms with E-state index < -0.39 is 5.41 Å². The van der Waals surface area contributed by atoms with E-state index in [1.54, 1.807) is 0 Å². The molecule has 4 aliphatic heterocycles. The van der Waals surface area contributed by atoms with Gasteiger partial charge >= 0.3 is 0 Å². The molecule has 0 atom stereocenters. The molecule has 0 saturated carbocycles. The minimum atomic E-state index is -0.774. The van der Waals surface area contributed by atoms with Crippen LogP contribution in [0.2, 0.25) is 0 Å². The molecule has 12 aromatic carbocycles. The van der Waals surface area contributed by atoms with Crippen molar-refractivity contribution in [3.8, 4) is 66.8 Å². The van der Waals surface area contributed by atoms with Crippen LogP contribution in [0.25, 0.3) is 88.3 Å². The highest BCUT2D eigenvalue weighted by atomic mass is 15.2. The molecule has 4 heterocycles. The molecule has 0 unspecified atom stereocenters. The fourth-order valence-corrected chi connectivity index (χ4v) is 13.2. The fourth-order valence-electron chi connectivity index (χ4n) is 13.2. The third kappa shape index (κ3) is 5.10. The monoisotopic (exact) mass is 898 g/mol. The number of rotatable bonds is 5. The van der Waals surface area contributed by atoms with Gasteiger partial charge in [0, 0.05) is 27.6 Å². The number of para-hydroxylation sites is 1. The van der Waals surface area contributed by atoms with Crippen molar-refractivity contribution in [2.24, 2.45) is 0 Å². The van der Waals surface area contributed by atoms with Crippen LogP contribution in [0.15, 0.2) is 255 Å². The number of anilines is 6. The summed E-state index contributed by atoms with van der Waals surface area (Å²) in [6.07, 6.45) is 0. The zero-order valence-electron chi connectivity index (χ0n) is 38.6. The molecule has 2 heteroatoms. The maximum Gasteiger partial charge on any atom is 0.0783 e. The highest BCUT2D eigenvalue weighted by Gasteiger charge is 2.55. The van der Waals surface area contributed by atoms with Gasteiger partial charge in [-0.3, -0.25) is 0 Å². The second-order valence-electron chi connectivity index (χ2n) is 19.5. The Balaban J connectivity index is 1.15. The molecule has 328 valence electrons. The van der Waals surface area contributed by atoms with Crippen molar-refractivity contribution in [2.45, 2.75) is 5.41 Å². The van der Waals surface area contributed by atoms with Gasteiger partial charge in [-0.05, 0) is 131 Å². The highest BCUT2D eigenvalue weighted by molar-refractivity contribution is 6.29. The minimum Gasteiger partial charge on any atom is -0.310 e. The number of hydrogen-bond donors (Lipinski definition) is 0. The smallest absolute Gasteiger partial charge is 0.0783 e. The van der Waals surface area contributed by atoms with E-state index in [9.17, 15) is 0 Å². The maximum absolute atomic E-state index is 2.75. The third-order valence-electron chi connectivity index (χ3n) is 16.0. The molecule has 1 spiro atoms. The van der Waals surface area contributed by atoms with E-state index in [-0.39, 0.29) is 0 Å². The van der Waals surface area contributed by atoms with Gasteiger partial charge in [-0.1, -0.05) is 212 Å². The Bertz CT molecular complexity index is 3950. The van der Waals surface area contributed by atoms with Crippen LogP contribution in [0.5, 0.6) is 0 Å². The summed E-state index contributed by atoms with van der Waals surface area (Å²) in [5, 5.41) is 5.06. The topological polar surface area (TPSA) is 6.48 Å². The Morgan fingerprint density at radius 2 is 0.676 bits per heavy atom. The summed E-state index contributed by atoms with van der Waals surface area (Å²) in [7, 11) is 0. The number of hydrogen-bond acceptors (Lipinski definition) is 2. The molecule has 4 aliphatic rings. The van der Waals surface area contributed by atoms with E-state index >= 15 is 0 Å². The van der Waals surface area contributed by atoms with Gasteiger partial charge in [0.2, 0.25) is 0 Å². The molecule has 0 radical (unpaired) electrons. The molecule has 12 aromatic rings. The Morgan fingerprint density at radius 3 is 1.13 bits per heavy atom. The second kappa shape index (κ2) is 14.4. The Hall–Kier alpha value is -9.24. The number of nitrogens with zero attached hydrogens (tertiary/aromatic N) is 2. The Morgan fingerprint density at radius 1 is 0.254 bits per heavy atom. The first kappa shape index (κ1) is 38.7. The Labute approximate surface area is 412 Å². The second-order valence-corrected chi connectivity index (χ2v) is 19.5. The first-order valence-corrected chi connectivity index (χ1v) is 24.8. The van der Waals surface area contributed by atoms with Crippen molar-refractivity contribution in [1.29, 1.82) is 0 Å². The van der Waals surface area contributed by atoms with Crippen molar-refractivity contribution >= 4 is 55.7 Å². The first-order chi connectivity index (χ1) is 35.3. The Kier molecular flexibility index (Phi) is 7.85. The standard InChI is InChI=1S/C69H42N2/c1-6-18-43(19-7-1)49-34-38-60-58(40-49)69(59-41-50(44-20-8-2-9-21-44)35-39-61(59)70(60)51-28-14-5-15-29-51)56-36-32-47-26-16-30-52-62(47)66(56)71-67-57(69)37-33-48-27-17-31-53(63(48)67)65-55(46-24-12-4-13-25-46)42-54(64(52)68(65)71)45-22-10-3-11-23-45/h1-42H. The van der Waals surface area contributed by atoms with Gasteiger partial charge in [0.1, 0.15) is 0 Å². The van der Waals surface area contributed by atoms with Gasteiger partial charge < -0.3 is 9.80 Å². The summed E-state index contributed by atoms with van der Waals surface area (Å²) in [4.78, 5) is 5.27. The predicted octanol–water partition coefficient (Wildman–Crippen LogP) is 18.6. The van der Waals surface area contributed by atoms with Crippen LogP contribution in [-0.4, -0.2) is 0 Å². The lowest BCUT2D eigenvalue weighted by Gasteiger charge is -2.54. The summed E-state index contributed by atoms with van der Waals surface area (Å²) in [6, 6.07) is 95.8. The summed E-state index contributed by atoms with van der Waals surface area (Å²) >= 11 is 0. The average molecular weight is 899 g/mol. The van der Waals surface area contributed by atoms with Crippen LogP contribution in [0.1, 0.15) is 22.3 Å². The lowest BCUT2D eigenvalue weighted by Crippen LogP contribution is -2.43. The fraction of sp³-hybridized carbons (Fsp3) is 0.0145. The van der Waals surface area contributed by atoms with Gasteiger partial charge in [0.25, 0.3) is 0 Å². The van der Waals surface area contributed by atoms with E-state index in [2.05, 4.69) is 265 Å². The van der Waals surface area contributed by atoms with Crippen molar-refractivity contribution < 1.29 is 0 Å². The molecular formula is C69H42N2. The van der Waals surface area contributed by atoms with Crippen molar-refractivity contribution in [1.82, 2.24) is 0 Å². The molecule has 0 bridgehead atoms. The summed E-state index contributed by atoms with van der Waals surface area (Å²) in [6.45, 7) is 0. The van der Waals surface area contributed by atoms with Gasteiger partial charge in [0.05, 0.1) is 33.9 Å². The van der Waals surface area contributed by atoms with Crippen LogP contribution in [0, 0.1) is 0 Å². The van der Waals surface area contributed by atoms with Crippen molar-refractivity contribution in [3.63, 3.8) is 0 Å². The van der Waals surface area contributed by atoms with Gasteiger partial charge in [-0.15, -0.1) is 0 Å². The molecule has 71 heavy (non-hydrogen) atoms. The van der Waals surface area contributed by atoms with Gasteiger partial charge in [-0.2, -0.15) is 0 Å². The summed E-state index contributed by atoms with van der Waals surface area (Å²) < 4.78 is 0. The maximum atomic E-state index is 2.75. The van der Waals surface area contributed by atoms with Crippen molar-refractivity contribution in [2.75, 3.05) is 9.80 Å². The van der Waals surface area contributed by atoms with E-state index in [4.69, 9.17) is 0 Å². The molecular weight excluding hydrogens is 857 g/mol. The van der Waals surface area contributed by atoms with Crippen LogP contribution >= 0.6 is 0 Å². The quantitative estimate of drug-likeness (QED) is 0.170. The zero-order valence-corrected chi connectivity index (χ0v) is 38.6. The molecule has 0 N–H and O–H groups in total. The lowest BCUT2D eigenvalue weighted by molar-refractivity contribution is 0.722. The van der Waals surface area contributed by atoms with Crippen molar-refractivity contribution in [3.05, 3.63) is 277 Å². The third-order valence-corrected chi connectivity index (χ3v) is 16.0. The van der Waals surface area contributed by atoms with Crippen LogP contribution in [-0.2, 0) is 5.41 Å². The molecule has 2 nitrogen and oxygen atoms in total. The summed E-state index contributed by atoms with van der Waals surface area (Å²) in [5.41, 5.74) is 26.4. The molecule has 0 aliphatic carbocycles. The van der Waals surface area contributed by atoms with Crippen LogP contribution < -0.4 is 9.80 Å². The molecule has 0 saturated heterocycles. The largest absolute Gasteiger partial charge is 0.310 e. The summed E-state index contributed by atoms with van der Waals surface area (Å²) in [5.74, 6) is 0. The first-order valence-electron chi connectivity index (χ1n) is 24.8. The number of benzene rings is 12. The van der Waals surface area contributed by atoms with E-state index in [0.29, 0.717) is 0 Å². The minimum absolute atomic E-state index is 0.774. The van der Waals surface area contributed by atoms with E-state index in [1.807, 2.05) is 0 Å².